The van der Waals surface area contributed by atoms with Crippen LogP contribution in [0.1, 0.15) is 192 Å². The van der Waals surface area contributed by atoms with Crippen LogP contribution in [0.2, 0.25) is 0 Å². The first-order valence-electron chi connectivity index (χ1n) is 36.1. The second-order valence-corrected chi connectivity index (χ2v) is 30.9. The van der Waals surface area contributed by atoms with Gasteiger partial charge in [0.1, 0.15) is 25.5 Å². The highest BCUT2D eigenvalue weighted by molar-refractivity contribution is 7.66. The van der Waals surface area contributed by atoms with Crippen LogP contribution >= 0.6 is 23.5 Å². The molecule has 7 rings (SSSR count). The number of amides is 2. The average molecular weight is 1470 g/mol. The van der Waals surface area contributed by atoms with Crippen molar-refractivity contribution in [3.63, 3.8) is 0 Å². The van der Waals surface area contributed by atoms with Crippen molar-refractivity contribution in [2.24, 2.45) is 34.5 Å². The van der Waals surface area contributed by atoms with E-state index in [4.69, 9.17) is 24.0 Å². The van der Waals surface area contributed by atoms with Crippen molar-refractivity contribution in [2.75, 3.05) is 111 Å². The number of aromatic nitrogens is 2. The molecule has 0 bridgehead atoms. The number of aliphatic hydroxyl groups is 3. The molecule has 6 aliphatic rings. The molecule has 3 heterocycles. The molecule has 1 aromatic rings. The van der Waals surface area contributed by atoms with Crippen LogP contribution in [0.5, 0.6) is 0 Å². The number of esters is 1. The third kappa shape index (κ3) is 27.2. The topological polar surface area (TPSA) is 391 Å². The van der Waals surface area contributed by atoms with Gasteiger partial charge in [-0.15, -0.1) is 0 Å². The van der Waals surface area contributed by atoms with Crippen LogP contribution in [0.25, 0.3) is 6.08 Å². The number of carbonyl (C=O) groups is 3. The molecule has 4 aliphatic carbocycles. The van der Waals surface area contributed by atoms with Crippen LogP contribution in [-0.2, 0) is 55.4 Å². The number of aromatic amines is 1. The van der Waals surface area contributed by atoms with Gasteiger partial charge < -0.3 is 79.3 Å². The van der Waals surface area contributed by atoms with Crippen molar-refractivity contribution < 1.29 is 90.3 Å². The molecule has 574 valence electrons. The van der Waals surface area contributed by atoms with E-state index in [9.17, 15) is 62.8 Å². The van der Waals surface area contributed by atoms with E-state index in [0.717, 1.165) is 48.4 Å². The quantitative estimate of drug-likeness (QED) is 0.0187. The maximum atomic E-state index is 12.7. The average Bonchev–Trinajstić information content (AvgIpc) is 1.65. The Morgan fingerprint density at radius 3 is 1.78 bits per heavy atom. The second kappa shape index (κ2) is 43.2. The predicted octanol–water partition coefficient (Wildman–Crippen LogP) is 7.34. The maximum absolute atomic E-state index is 12.7. The van der Waals surface area contributed by atoms with E-state index >= 15 is 0 Å². The second-order valence-electron chi connectivity index (χ2n) is 26.5. The molecule has 0 aromatic carbocycles. The van der Waals surface area contributed by atoms with Gasteiger partial charge in [0.15, 0.2) is 0 Å². The first-order chi connectivity index (χ1) is 46.6. The van der Waals surface area contributed by atoms with Crippen molar-refractivity contribution in [1.82, 2.24) is 39.8 Å². The van der Waals surface area contributed by atoms with Gasteiger partial charge >= 0.3 is 35.1 Å². The number of fused-ring (bicyclic) bond motifs is 5. The van der Waals surface area contributed by atoms with Crippen LogP contribution in [0.4, 0.5) is 0 Å². The number of unbranched alkanes of at least 4 members (excludes halogenated alkanes) is 2. The maximum Gasteiger partial charge on any atom is 0.490 e. The summed E-state index contributed by atoms with van der Waals surface area (Å²) >= 11 is 0. The smallest absolute Gasteiger partial charge is 0.458 e. The normalized spacial score (nSPS) is 28.3. The third-order valence-corrected chi connectivity index (χ3v) is 25.1. The Kier molecular flexibility index (Phi) is 39.2. The zero-order chi connectivity index (χ0) is 74.5. The number of aliphatic hydroxyl groups excluding tert-OH is 2. The minimum absolute atomic E-state index is 0.0310. The summed E-state index contributed by atoms with van der Waals surface area (Å²) in [7, 11) is -16.9. The Labute approximate surface area is 588 Å². The number of rotatable bonds is 33. The van der Waals surface area contributed by atoms with Crippen molar-refractivity contribution >= 4 is 47.3 Å². The van der Waals surface area contributed by atoms with Gasteiger partial charge in [-0.1, -0.05) is 116 Å². The number of phosphoric acid groups is 3. The summed E-state index contributed by atoms with van der Waals surface area (Å²) in [5.41, 5.74) is -2.75. The highest BCUT2D eigenvalue weighted by atomic mass is 31.3. The van der Waals surface area contributed by atoms with E-state index in [1.54, 1.807) is 6.08 Å². The molecule has 29 nitrogen and oxygen atoms in total. The Hall–Kier alpha value is -3.38. The van der Waals surface area contributed by atoms with Gasteiger partial charge in [0.05, 0.1) is 36.1 Å². The fourth-order valence-corrected chi connectivity index (χ4v) is 18.1. The lowest BCUT2D eigenvalue weighted by atomic mass is 9.42. The molecule has 1 aromatic heterocycles. The monoisotopic (exact) mass is 1470 g/mol. The van der Waals surface area contributed by atoms with Gasteiger partial charge in [0, 0.05) is 43.6 Å². The minimum Gasteiger partial charge on any atom is -0.458 e. The van der Waals surface area contributed by atoms with Gasteiger partial charge in [-0.25, -0.2) is 23.3 Å². The minimum atomic E-state index is -5.78. The number of cyclic esters (lactones) is 1. The summed E-state index contributed by atoms with van der Waals surface area (Å²) in [5.74, 6) is -0.417. The third-order valence-electron chi connectivity index (χ3n) is 21.3. The molecule has 2 aliphatic heterocycles. The van der Waals surface area contributed by atoms with Crippen LogP contribution < -0.4 is 21.9 Å². The number of hydrogen-bond donors (Lipinski definition) is 10. The van der Waals surface area contributed by atoms with Gasteiger partial charge in [0.2, 0.25) is 11.8 Å². The van der Waals surface area contributed by atoms with Gasteiger partial charge in [0.25, 0.3) is 5.56 Å². The lowest BCUT2D eigenvalue weighted by Gasteiger charge is -2.65. The molecule has 10 N–H and O–H groups in total. The molecule has 2 unspecified atom stereocenters. The fourth-order valence-electron chi connectivity index (χ4n) is 15.0. The highest BCUT2D eigenvalue weighted by Gasteiger charge is 2.71. The van der Waals surface area contributed by atoms with E-state index in [2.05, 4.69) is 138 Å². The Balaban J connectivity index is 0.000000760. The number of ether oxygens (including phenoxy) is 3. The lowest BCUT2D eigenvalue weighted by Crippen LogP contribution is -2.67. The van der Waals surface area contributed by atoms with Crippen molar-refractivity contribution in [1.29, 1.82) is 0 Å². The Morgan fingerprint density at radius 2 is 1.26 bits per heavy atom. The zero-order valence-corrected chi connectivity index (χ0v) is 64.3. The molecule has 0 spiro atoms. The van der Waals surface area contributed by atoms with Crippen LogP contribution in [-0.4, -0.2) is 223 Å². The van der Waals surface area contributed by atoms with Crippen LogP contribution in [0.15, 0.2) is 33.5 Å². The van der Waals surface area contributed by atoms with Gasteiger partial charge in [-0.05, 0) is 177 Å². The Morgan fingerprint density at radius 1 is 0.697 bits per heavy atom. The molecule has 99 heavy (non-hydrogen) atoms. The van der Waals surface area contributed by atoms with E-state index in [1.807, 2.05) is 6.92 Å². The predicted molar refractivity (Wildman–Crippen MR) is 380 cm³/mol. The summed E-state index contributed by atoms with van der Waals surface area (Å²) in [6.45, 7) is 44.5. The van der Waals surface area contributed by atoms with E-state index in [0.29, 0.717) is 51.0 Å². The Bertz CT molecular complexity index is 2870. The molecular weight excluding hydrogens is 1350 g/mol. The van der Waals surface area contributed by atoms with Crippen LogP contribution in [0.3, 0.4) is 0 Å². The van der Waals surface area contributed by atoms with Crippen molar-refractivity contribution in [3.8, 4) is 0 Å². The SMILES string of the molecule is CCN(CC)CC.CCN(CC)CC.CCN(CC)CC.CCN(CC)CC.C[C@]12CC[C@H](OCC(=O)NCCCCCC(=O)NC/C=C/c3cn([C@H]4C[C@H](O)[C@@H](COP(=O)(O)OP(=O)(O)OP(=O)(O)O)O4)c(=O)[nH]c3=O)C[C@H]1CC[C@@H]1[C@@H]2C[C@@H](O)[C@]2(C)[C@@H](C3=CC(=O)OC3)CC[C@]12O. The molecule has 0 radical (unpaired) electrons. The number of nitrogens with zero attached hydrogens (tertiary/aromatic N) is 5. The van der Waals surface area contributed by atoms with E-state index < -0.39 is 76.9 Å². The number of H-pyrrole nitrogens is 1. The first-order valence-corrected chi connectivity index (χ1v) is 40.6. The number of phosphoric ester groups is 1. The van der Waals surface area contributed by atoms with E-state index in [-0.39, 0.29) is 85.2 Å². The largest absolute Gasteiger partial charge is 0.490 e. The number of carbonyl (C=O) groups excluding carboxylic acids is 3. The molecule has 5 fully saturated rings. The van der Waals surface area contributed by atoms with Crippen molar-refractivity contribution in [2.45, 2.75) is 217 Å². The summed E-state index contributed by atoms with van der Waals surface area (Å²) < 4.78 is 64.0. The number of hydrogen-bond acceptors (Lipinski definition) is 21. The molecule has 4 saturated carbocycles. The summed E-state index contributed by atoms with van der Waals surface area (Å²) in [4.78, 5) is 110. The zero-order valence-electron chi connectivity index (χ0n) is 61.6. The highest BCUT2D eigenvalue weighted by Crippen LogP contribution is 2.70. The van der Waals surface area contributed by atoms with Gasteiger partial charge in [-0.3, -0.25) is 28.5 Å². The molecule has 32 heteroatoms. The lowest BCUT2D eigenvalue weighted by molar-refractivity contribution is -0.245. The molecular formula is C67H125N8O21P3. The fraction of sp³-hybridized carbons (Fsp3) is 0.836. The number of nitrogens with one attached hydrogen (secondary N) is 3. The van der Waals surface area contributed by atoms with E-state index in [1.165, 1.54) is 90.7 Å². The summed E-state index contributed by atoms with van der Waals surface area (Å²) in [6.07, 6.45) is 8.50. The molecule has 1 saturated heterocycles. The van der Waals surface area contributed by atoms with Gasteiger partial charge in [-0.2, -0.15) is 8.62 Å². The first kappa shape index (κ1) is 89.8. The van der Waals surface area contributed by atoms with Crippen LogP contribution in [0, 0.1) is 34.5 Å². The van der Waals surface area contributed by atoms with Crippen molar-refractivity contribution in [3.05, 3.63) is 50.3 Å². The molecule has 2 amide bonds. The summed E-state index contributed by atoms with van der Waals surface area (Å²) in [6, 6.07) is 0. The standard InChI is InChI=1S/C43H65N4O21P3.4C6H15N/c1-41-13-11-28(18-27(41)9-10-30-31(41)19-34(49)42(2)29(12-14-43(30,42)55)26-17-38(52)64-22-26)63-24-36(51)45-15-5-3-4-8-35(50)44-16-6-7-25-21-47(40(54)46-39(25)53)37-20-32(48)33(66-37)23-65-70(59,60)68-71(61,62)67-69(56,57)58;4*1-4-7(5-2)6-3/h6-7,17,21,27-34,37,48-49,55H,3-5,8-16,18-20,22-24H2,1-2H3,(H,44,50)(H,45,51)(H,59,60)(H,61,62)(H,46,53,54)(H2,56,57,58);4*4-6H2,1-3H3/b7-6+;;;;/t27-,28+,29-,30-,31+,32+,33-,34-,37-,41+,42+,43+;;;;/m1..../s1. The summed E-state index contributed by atoms with van der Waals surface area (Å²) in [5, 5.41) is 40.3. The molecule has 14 atom stereocenters.